The maximum atomic E-state index is 13.0. The summed E-state index contributed by atoms with van der Waals surface area (Å²) in [6, 6.07) is 10.1. The quantitative estimate of drug-likeness (QED) is 0.663. The Labute approximate surface area is 174 Å². The van der Waals surface area contributed by atoms with Gasteiger partial charge in [0.15, 0.2) is 5.69 Å². The van der Waals surface area contributed by atoms with Gasteiger partial charge in [-0.15, -0.1) is 0 Å². The summed E-state index contributed by atoms with van der Waals surface area (Å²) < 4.78 is 3.77. The van der Waals surface area contributed by atoms with Crippen LogP contribution in [0.2, 0.25) is 0 Å². The summed E-state index contributed by atoms with van der Waals surface area (Å²) in [5.74, 6) is 0.0704. The first-order valence-corrected chi connectivity index (χ1v) is 10.3. The van der Waals surface area contributed by atoms with Crippen molar-refractivity contribution in [2.24, 2.45) is 0 Å². The highest BCUT2D eigenvalue weighted by molar-refractivity contribution is 5.92. The van der Waals surface area contributed by atoms with Crippen molar-refractivity contribution in [3.05, 3.63) is 71.6 Å². The zero-order chi connectivity index (χ0) is 20.5. The molecule has 8 nitrogen and oxygen atoms in total. The van der Waals surface area contributed by atoms with Gasteiger partial charge in [-0.3, -0.25) is 14.3 Å². The zero-order valence-electron chi connectivity index (χ0n) is 16.8. The Kier molecular flexibility index (Phi) is 4.82. The van der Waals surface area contributed by atoms with Gasteiger partial charge in [-0.1, -0.05) is 24.3 Å². The Bertz CT molecular complexity index is 1070. The smallest absolute Gasteiger partial charge is 0.274 e. The monoisotopic (exact) mass is 404 g/mol. The molecule has 5 rings (SSSR count). The molecule has 0 N–H and O–H groups in total. The highest BCUT2D eigenvalue weighted by Gasteiger charge is 2.27. The van der Waals surface area contributed by atoms with Crippen molar-refractivity contribution in [1.29, 1.82) is 0 Å². The van der Waals surface area contributed by atoms with Gasteiger partial charge < -0.3 is 14.4 Å². The fourth-order valence-corrected chi connectivity index (χ4v) is 4.22. The van der Waals surface area contributed by atoms with E-state index in [-0.39, 0.29) is 11.8 Å². The molecule has 2 aromatic heterocycles. The minimum atomic E-state index is -0.0376. The number of imidazole rings is 1. The lowest BCUT2D eigenvalue weighted by Gasteiger charge is -2.28. The van der Waals surface area contributed by atoms with Gasteiger partial charge >= 0.3 is 0 Å². The second-order valence-electron chi connectivity index (χ2n) is 7.86. The van der Waals surface area contributed by atoms with Crippen LogP contribution in [0.5, 0.6) is 0 Å². The summed E-state index contributed by atoms with van der Waals surface area (Å²) >= 11 is 0. The van der Waals surface area contributed by atoms with Gasteiger partial charge in [0, 0.05) is 45.0 Å². The van der Waals surface area contributed by atoms with Crippen molar-refractivity contribution in [2.45, 2.75) is 39.0 Å². The fourth-order valence-electron chi connectivity index (χ4n) is 4.22. The zero-order valence-corrected chi connectivity index (χ0v) is 16.8. The molecular formula is C22H24N6O2. The number of amides is 2. The number of fused-ring (bicyclic) bond motifs is 2. The van der Waals surface area contributed by atoms with Crippen molar-refractivity contribution in [3.63, 3.8) is 0 Å². The van der Waals surface area contributed by atoms with Gasteiger partial charge in [-0.25, -0.2) is 4.98 Å². The fraction of sp³-hybridized carbons (Fsp3) is 0.364. The molecule has 3 aromatic rings. The Morgan fingerprint density at radius 2 is 1.87 bits per heavy atom. The Balaban J connectivity index is 1.24. The molecule has 2 aliphatic heterocycles. The number of carbonyl (C=O) groups is 2. The van der Waals surface area contributed by atoms with Crippen LogP contribution in [0.15, 0.2) is 49.1 Å². The largest absolute Gasteiger partial charge is 0.337 e. The molecule has 0 aliphatic carbocycles. The van der Waals surface area contributed by atoms with Gasteiger partial charge in [-0.05, 0) is 23.6 Å². The van der Waals surface area contributed by atoms with Crippen molar-refractivity contribution >= 4 is 11.8 Å². The highest BCUT2D eigenvalue weighted by atomic mass is 16.2. The number of carbonyl (C=O) groups excluding carboxylic acids is 2. The lowest BCUT2D eigenvalue weighted by Crippen LogP contribution is -2.38. The molecule has 0 saturated carbocycles. The van der Waals surface area contributed by atoms with E-state index in [0.29, 0.717) is 51.4 Å². The number of benzene rings is 1. The molecule has 0 atom stereocenters. The molecule has 0 unspecified atom stereocenters. The lowest BCUT2D eigenvalue weighted by atomic mass is 10.00. The maximum absolute atomic E-state index is 13.0. The summed E-state index contributed by atoms with van der Waals surface area (Å²) in [6.07, 6.45) is 6.59. The van der Waals surface area contributed by atoms with Crippen molar-refractivity contribution in [2.75, 3.05) is 13.1 Å². The Morgan fingerprint density at radius 3 is 2.70 bits per heavy atom. The Hall–Kier alpha value is -3.42. The molecule has 154 valence electrons. The van der Waals surface area contributed by atoms with Crippen LogP contribution in [0.3, 0.4) is 0 Å². The average molecular weight is 404 g/mol. The van der Waals surface area contributed by atoms with Crippen molar-refractivity contribution in [1.82, 2.24) is 29.1 Å². The van der Waals surface area contributed by atoms with E-state index in [9.17, 15) is 9.59 Å². The molecule has 0 spiro atoms. The predicted octanol–water partition coefficient (Wildman–Crippen LogP) is 1.71. The molecule has 0 fully saturated rings. The number of aryl methyl sites for hydroxylation is 1. The number of hydrogen-bond acceptors (Lipinski definition) is 4. The SMILES string of the molecule is O=C(CCn1ccnc1)N1CCn2nc(C(=O)N3CCc4ccccc4C3)cc2C1. The minimum Gasteiger partial charge on any atom is -0.337 e. The number of nitrogens with zero attached hydrogens (tertiary/aromatic N) is 6. The number of hydrogen-bond donors (Lipinski definition) is 0. The maximum Gasteiger partial charge on any atom is 0.274 e. The number of rotatable bonds is 4. The van der Waals surface area contributed by atoms with Crippen LogP contribution in [-0.4, -0.2) is 54.0 Å². The van der Waals surface area contributed by atoms with E-state index in [1.54, 1.807) is 12.5 Å². The first-order chi connectivity index (χ1) is 14.7. The molecule has 0 saturated heterocycles. The third kappa shape index (κ3) is 3.60. The van der Waals surface area contributed by atoms with E-state index in [2.05, 4.69) is 22.2 Å². The van der Waals surface area contributed by atoms with Crippen LogP contribution in [0, 0.1) is 0 Å². The van der Waals surface area contributed by atoms with E-state index < -0.39 is 0 Å². The summed E-state index contributed by atoms with van der Waals surface area (Å²) in [7, 11) is 0. The van der Waals surface area contributed by atoms with E-state index >= 15 is 0 Å². The molecule has 0 radical (unpaired) electrons. The van der Waals surface area contributed by atoms with E-state index in [4.69, 9.17) is 0 Å². The molecule has 4 heterocycles. The molecule has 30 heavy (non-hydrogen) atoms. The minimum absolute atomic E-state index is 0.0376. The van der Waals surface area contributed by atoms with E-state index in [0.717, 1.165) is 12.1 Å². The molecule has 2 amide bonds. The Morgan fingerprint density at radius 1 is 1.00 bits per heavy atom. The van der Waals surface area contributed by atoms with Crippen LogP contribution in [-0.2, 0) is 37.4 Å². The third-order valence-corrected chi connectivity index (χ3v) is 5.93. The normalized spacial score (nSPS) is 15.6. The molecule has 8 heteroatoms. The van der Waals surface area contributed by atoms with Crippen LogP contribution >= 0.6 is 0 Å². The van der Waals surface area contributed by atoms with Gasteiger partial charge in [0.1, 0.15) is 0 Å². The first-order valence-electron chi connectivity index (χ1n) is 10.3. The lowest BCUT2D eigenvalue weighted by molar-refractivity contribution is -0.132. The van der Waals surface area contributed by atoms with Crippen molar-refractivity contribution < 1.29 is 9.59 Å². The average Bonchev–Trinajstić information content (AvgIpc) is 3.45. The van der Waals surface area contributed by atoms with Crippen LogP contribution in [0.1, 0.15) is 33.7 Å². The highest BCUT2D eigenvalue weighted by Crippen LogP contribution is 2.21. The van der Waals surface area contributed by atoms with Gasteiger partial charge in [0.05, 0.1) is 25.1 Å². The summed E-state index contributed by atoms with van der Waals surface area (Å²) in [5.41, 5.74) is 3.90. The van der Waals surface area contributed by atoms with Gasteiger partial charge in [0.2, 0.25) is 5.91 Å². The summed E-state index contributed by atoms with van der Waals surface area (Å²) in [5, 5.41) is 4.54. The molecule has 0 bridgehead atoms. The van der Waals surface area contributed by atoms with Crippen LogP contribution < -0.4 is 0 Å². The van der Waals surface area contributed by atoms with Crippen LogP contribution in [0.25, 0.3) is 0 Å². The topological polar surface area (TPSA) is 76.3 Å². The summed E-state index contributed by atoms with van der Waals surface area (Å²) in [4.78, 5) is 33.3. The second-order valence-corrected chi connectivity index (χ2v) is 7.86. The first kappa shape index (κ1) is 18.6. The third-order valence-electron chi connectivity index (χ3n) is 5.93. The second kappa shape index (κ2) is 7.78. The van der Waals surface area contributed by atoms with Crippen LogP contribution in [0.4, 0.5) is 0 Å². The predicted molar refractivity (Wildman–Crippen MR) is 109 cm³/mol. The van der Waals surface area contributed by atoms with E-state index in [1.807, 2.05) is 43.4 Å². The number of aromatic nitrogens is 4. The van der Waals surface area contributed by atoms with Gasteiger partial charge in [-0.2, -0.15) is 5.10 Å². The molecular weight excluding hydrogens is 380 g/mol. The molecule has 1 aromatic carbocycles. The van der Waals surface area contributed by atoms with Gasteiger partial charge in [0.25, 0.3) is 5.91 Å². The van der Waals surface area contributed by atoms with Crippen molar-refractivity contribution in [3.8, 4) is 0 Å². The summed E-state index contributed by atoms with van der Waals surface area (Å²) in [6.45, 7) is 3.66. The molecule has 2 aliphatic rings. The van der Waals surface area contributed by atoms with E-state index in [1.165, 1.54) is 11.1 Å². The standard InChI is InChI=1S/C22H24N6O2/c29-21(6-8-25-10-7-23-16-25)26-11-12-28-19(15-26)13-20(24-28)22(30)27-9-5-17-3-1-2-4-18(17)14-27/h1-4,7,10,13,16H,5-6,8-9,11-12,14-15H2.